The Kier molecular flexibility index (Phi) is 5.30. The number of rotatable bonds is 1. The van der Waals surface area contributed by atoms with Crippen molar-refractivity contribution in [2.45, 2.75) is 20.8 Å². The monoisotopic (exact) mass is 245 g/mol. The number of carboxylic acid groups (broad SMARTS) is 1. The number of hydrogen-bond donors (Lipinski definition) is 1. The number of hydrogen-bond acceptors (Lipinski definition) is 2. The molecule has 0 saturated carbocycles. The molecule has 0 aliphatic carbocycles. The molecule has 72 valence electrons. The van der Waals surface area contributed by atoms with Crippen LogP contribution in [0.25, 0.3) is 0 Å². The fourth-order valence-electron chi connectivity index (χ4n) is 0.764. The summed E-state index contributed by atoms with van der Waals surface area (Å²) in [5.74, 6) is -0.991. The van der Waals surface area contributed by atoms with Gasteiger partial charge in [-0.3, -0.25) is 0 Å². The Balaban J connectivity index is 0.000000671. The van der Waals surface area contributed by atoms with E-state index < -0.39 is 5.97 Å². The van der Waals surface area contributed by atoms with Crippen molar-refractivity contribution >= 4 is 21.9 Å². The number of aromatic nitrogens is 1. The highest BCUT2D eigenvalue weighted by atomic mass is 79.9. The van der Waals surface area contributed by atoms with E-state index in [4.69, 9.17) is 5.11 Å². The van der Waals surface area contributed by atoms with E-state index in [-0.39, 0.29) is 5.69 Å². The molecule has 0 aliphatic heterocycles. The molecule has 0 unspecified atom stereocenters. The molecule has 0 radical (unpaired) electrons. The summed E-state index contributed by atoms with van der Waals surface area (Å²) in [6.45, 7) is 5.71. The molecular weight excluding hydrogens is 234 g/mol. The summed E-state index contributed by atoms with van der Waals surface area (Å²) in [7, 11) is 0. The van der Waals surface area contributed by atoms with Crippen molar-refractivity contribution in [1.29, 1.82) is 0 Å². The molecule has 4 heteroatoms. The fraction of sp³-hybridized carbons (Fsp3) is 0.333. The lowest BCUT2D eigenvalue weighted by molar-refractivity contribution is 0.0689. The number of carbonyl (C=O) groups is 1. The standard InChI is InChI=1S/C7H6BrNO2.C2H6/c1-4-2-5(8)3-9-6(4)7(10)11;1-2/h2-3H,1H3,(H,10,11);1-2H3. The van der Waals surface area contributed by atoms with Gasteiger partial charge in [0.1, 0.15) is 0 Å². The number of pyridine rings is 1. The van der Waals surface area contributed by atoms with Gasteiger partial charge in [-0.2, -0.15) is 0 Å². The highest BCUT2D eigenvalue weighted by Gasteiger charge is 2.07. The molecule has 0 saturated heterocycles. The van der Waals surface area contributed by atoms with Gasteiger partial charge in [-0.25, -0.2) is 9.78 Å². The average molecular weight is 246 g/mol. The van der Waals surface area contributed by atoms with Gasteiger partial charge in [0, 0.05) is 10.7 Å². The van der Waals surface area contributed by atoms with E-state index in [1.807, 2.05) is 13.8 Å². The van der Waals surface area contributed by atoms with Gasteiger partial charge in [0.15, 0.2) is 5.69 Å². The lowest BCUT2D eigenvalue weighted by Gasteiger charge is -1.98. The molecule has 1 aromatic heterocycles. The largest absolute Gasteiger partial charge is 0.477 e. The second-order valence-corrected chi connectivity index (χ2v) is 3.04. The Labute approximate surface area is 85.9 Å². The molecule has 1 rings (SSSR count). The highest BCUT2D eigenvalue weighted by molar-refractivity contribution is 9.10. The minimum absolute atomic E-state index is 0.105. The first-order valence-electron chi connectivity index (χ1n) is 3.96. The van der Waals surface area contributed by atoms with Gasteiger partial charge in [-0.1, -0.05) is 13.8 Å². The summed E-state index contributed by atoms with van der Waals surface area (Å²) in [6, 6.07) is 1.72. The topological polar surface area (TPSA) is 50.2 Å². The maximum atomic E-state index is 10.5. The smallest absolute Gasteiger partial charge is 0.354 e. The lowest BCUT2D eigenvalue weighted by atomic mass is 10.2. The molecule has 3 nitrogen and oxygen atoms in total. The van der Waals surface area contributed by atoms with Crippen LogP contribution in [0.4, 0.5) is 0 Å². The zero-order valence-electron chi connectivity index (χ0n) is 7.84. The van der Waals surface area contributed by atoms with E-state index in [2.05, 4.69) is 20.9 Å². The molecule has 0 fully saturated rings. The van der Waals surface area contributed by atoms with Gasteiger partial charge in [-0.05, 0) is 34.5 Å². The molecule has 0 amide bonds. The molecule has 0 bridgehead atoms. The predicted octanol–water partition coefficient (Wildman–Crippen LogP) is 2.88. The van der Waals surface area contributed by atoms with Gasteiger partial charge in [0.25, 0.3) is 0 Å². The second kappa shape index (κ2) is 5.70. The number of nitrogens with zero attached hydrogens (tertiary/aromatic N) is 1. The van der Waals surface area contributed by atoms with Crippen molar-refractivity contribution in [1.82, 2.24) is 4.98 Å². The van der Waals surface area contributed by atoms with Gasteiger partial charge >= 0.3 is 5.97 Å². The summed E-state index contributed by atoms with van der Waals surface area (Å²) in [5, 5.41) is 8.58. The number of carboxylic acids is 1. The molecule has 1 aromatic rings. The van der Waals surface area contributed by atoms with Crippen LogP contribution >= 0.6 is 15.9 Å². The molecule has 0 atom stereocenters. The van der Waals surface area contributed by atoms with E-state index in [1.165, 1.54) is 6.20 Å². The second-order valence-electron chi connectivity index (χ2n) is 2.12. The average Bonchev–Trinajstić information content (AvgIpc) is 2.07. The maximum absolute atomic E-state index is 10.5. The molecule has 1 N–H and O–H groups in total. The quantitative estimate of drug-likeness (QED) is 0.828. The van der Waals surface area contributed by atoms with Crippen LogP contribution in [0.5, 0.6) is 0 Å². The first-order valence-corrected chi connectivity index (χ1v) is 4.76. The van der Waals surface area contributed by atoms with Crippen LogP contribution < -0.4 is 0 Å². The minimum Gasteiger partial charge on any atom is -0.477 e. The number of aryl methyl sites for hydroxylation is 1. The third kappa shape index (κ3) is 3.55. The van der Waals surface area contributed by atoms with Crippen molar-refractivity contribution in [3.05, 3.63) is 28.0 Å². The Hall–Kier alpha value is -0.900. The van der Waals surface area contributed by atoms with Gasteiger partial charge in [0.05, 0.1) is 0 Å². The van der Waals surface area contributed by atoms with Gasteiger partial charge in [0.2, 0.25) is 0 Å². The molecule has 13 heavy (non-hydrogen) atoms. The first kappa shape index (κ1) is 12.1. The van der Waals surface area contributed by atoms with Crippen LogP contribution in [0, 0.1) is 6.92 Å². The van der Waals surface area contributed by atoms with E-state index in [9.17, 15) is 4.79 Å². The molecule has 0 aromatic carbocycles. The van der Waals surface area contributed by atoms with E-state index in [0.29, 0.717) is 5.56 Å². The van der Waals surface area contributed by atoms with Crippen molar-refractivity contribution in [3.8, 4) is 0 Å². The van der Waals surface area contributed by atoms with Gasteiger partial charge < -0.3 is 5.11 Å². The van der Waals surface area contributed by atoms with Gasteiger partial charge in [-0.15, -0.1) is 0 Å². The summed E-state index contributed by atoms with van der Waals surface area (Å²) in [4.78, 5) is 14.2. The van der Waals surface area contributed by atoms with Crippen molar-refractivity contribution in [2.75, 3.05) is 0 Å². The third-order valence-electron chi connectivity index (χ3n) is 1.25. The summed E-state index contributed by atoms with van der Waals surface area (Å²) < 4.78 is 0.792. The van der Waals surface area contributed by atoms with Crippen molar-refractivity contribution in [3.63, 3.8) is 0 Å². The zero-order valence-corrected chi connectivity index (χ0v) is 9.42. The highest BCUT2D eigenvalue weighted by Crippen LogP contribution is 2.12. The van der Waals surface area contributed by atoms with Crippen LogP contribution in [-0.4, -0.2) is 16.1 Å². The predicted molar refractivity (Wildman–Crippen MR) is 55.0 cm³/mol. The van der Waals surface area contributed by atoms with Crippen molar-refractivity contribution < 1.29 is 9.90 Å². The Morgan fingerprint density at radius 2 is 2.08 bits per heavy atom. The number of halogens is 1. The van der Waals surface area contributed by atoms with E-state index in [0.717, 1.165) is 4.47 Å². The molecular formula is C9H12BrNO2. The third-order valence-corrected chi connectivity index (χ3v) is 1.68. The first-order chi connectivity index (χ1) is 6.11. The van der Waals surface area contributed by atoms with E-state index in [1.54, 1.807) is 13.0 Å². The minimum atomic E-state index is -0.991. The van der Waals surface area contributed by atoms with Crippen LogP contribution in [0.15, 0.2) is 16.7 Å². The van der Waals surface area contributed by atoms with E-state index >= 15 is 0 Å². The summed E-state index contributed by atoms with van der Waals surface area (Å²) in [5.41, 5.74) is 0.764. The molecule has 0 aliphatic rings. The Morgan fingerprint density at radius 1 is 1.54 bits per heavy atom. The molecule has 0 spiro atoms. The lowest BCUT2D eigenvalue weighted by Crippen LogP contribution is -2.02. The SMILES string of the molecule is CC.Cc1cc(Br)cnc1C(=O)O. The summed E-state index contributed by atoms with van der Waals surface area (Å²) in [6.07, 6.45) is 1.47. The van der Waals surface area contributed by atoms with Crippen molar-refractivity contribution in [2.24, 2.45) is 0 Å². The van der Waals surface area contributed by atoms with Crippen LogP contribution in [-0.2, 0) is 0 Å². The molecule has 1 heterocycles. The maximum Gasteiger partial charge on any atom is 0.354 e. The Morgan fingerprint density at radius 3 is 2.46 bits per heavy atom. The summed E-state index contributed by atoms with van der Waals surface area (Å²) >= 11 is 3.19. The number of aromatic carboxylic acids is 1. The van der Waals surface area contributed by atoms with Crippen LogP contribution in [0.2, 0.25) is 0 Å². The zero-order chi connectivity index (χ0) is 10.4. The fourth-order valence-corrected chi connectivity index (χ4v) is 1.21. The van der Waals surface area contributed by atoms with Crippen LogP contribution in [0.1, 0.15) is 29.9 Å². The van der Waals surface area contributed by atoms with Crippen LogP contribution in [0.3, 0.4) is 0 Å². The normalized spacial score (nSPS) is 8.62. The Bertz CT molecular complexity index is 300.